The van der Waals surface area contributed by atoms with Crippen molar-refractivity contribution in [3.63, 3.8) is 0 Å². The molecule has 0 aliphatic carbocycles. The van der Waals surface area contributed by atoms with Gasteiger partial charge in [0.15, 0.2) is 0 Å². The van der Waals surface area contributed by atoms with Crippen LogP contribution in [0.5, 0.6) is 5.75 Å². The fraction of sp³-hybridized carbons (Fsp3) is 0.462. The Labute approximate surface area is 118 Å². The lowest BCUT2D eigenvalue weighted by atomic mass is 10.0. The number of ether oxygens (including phenoxy) is 1. The molecule has 0 spiro atoms. The Morgan fingerprint density at radius 2 is 2.15 bits per heavy atom. The number of carbonyl (C=O) groups excluding carboxylic acids is 1. The number of hydrogen-bond acceptors (Lipinski definition) is 4. The van der Waals surface area contributed by atoms with Gasteiger partial charge in [0, 0.05) is 24.9 Å². The van der Waals surface area contributed by atoms with Gasteiger partial charge >= 0.3 is 0 Å². The zero-order valence-corrected chi connectivity index (χ0v) is 12.1. The smallest absolute Gasteiger partial charge is 0.221 e. The monoisotopic (exact) mass is 298 g/mol. The average molecular weight is 298 g/mol. The summed E-state index contributed by atoms with van der Waals surface area (Å²) >= 11 is 0. The Morgan fingerprint density at radius 3 is 2.90 bits per heavy atom. The molecule has 0 aromatic heterocycles. The second-order valence-electron chi connectivity index (χ2n) is 4.71. The maximum absolute atomic E-state index is 11.8. The lowest BCUT2D eigenvalue weighted by Crippen LogP contribution is -2.34. The highest BCUT2D eigenvalue weighted by Crippen LogP contribution is 2.31. The Balaban J connectivity index is 1.89. The number of sulfonamides is 1. The Hall–Kier alpha value is -1.60. The van der Waals surface area contributed by atoms with Gasteiger partial charge in [0.25, 0.3) is 0 Å². The Bertz CT molecular complexity index is 586. The molecule has 0 radical (unpaired) electrons. The minimum atomic E-state index is -3.25. The Kier molecular flexibility index (Phi) is 4.61. The van der Waals surface area contributed by atoms with Gasteiger partial charge in [-0.2, -0.15) is 0 Å². The highest BCUT2D eigenvalue weighted by atomic mass is 32.2. The summed E-state index contributed by atoms with van der Waals surface area (Å²) in [5, 5.41) is 2.91. The van der Waals surface area contributed by atoms with Crippen LogP contribution in [0.2, 0.25) is 0 Å². The van der Waals surface area contributed by atoms with E-state index in [1.807, 2.05) is 24.3 Å². The van der Waals surface area contributed by atoms with Crippen molar-refractivity contribution in [2.45, 2.75) is 18.9 Å². The first kappa shape index (κ1) is 14.8. The second kappa shape index (κ2) is 6.23. The van der Waals surface area contributed by atoms with E-state index in [9.17, 15) is 13.2 Å². The first-order chi connectivity index (χ1) is 9.46. The molecule has 0 fully saturated rings. The van der Waals surface area contributed by atoms with Crippen LogP contribution in [0, 0.1) is 0 Å². The zero-order chi connectivity index (χ0) is 14.6. The number of para-hydroxylation sites is 1. The Morgan fingerprint density at radius 1 is 1.40 bits per heavy atom. The van der Waals surface area contributed by atoms with Crippen molar-refractivity contribution < 1.29 is 17.9 Å². The van der Waals surface area contributed by atoms with Crippen molar-refractivity contribution in [2.75, 3.05) is 19.4 Å². The summed E-state index contributed by atoms with van der Waals surface area (Å²) in [6, 6.07) is 7.51. The summed E-state index contributed by atoms with van der Waals surface area (Å²) in [5.41, 5.74) is 0.961. The van der Waals surface area contributed by atoms with Gasteiger partial charge in [0.05, 0.1) is 18.9 Å². The highest BCUT2D eigenvalue weighted by molar-refractivity contribution is 7.88. The van der Waals surface area contributed by atoms with Crippen molar-refractivity contribution in [3.05, 3.63) is 29.8 Å². The van der Waals surface area contributed by atoms with E-state index >= 15 is 0 Å². The number of nitrogens with one attached hydrogen (secondary N) is 2. The molecule has 1 aromatic rings. The molecule has 0 saturated heterocycles. The molecular formula is C13H18N2O4S. The summed E-state index contributed by atoms with van der Waals surface area (Å²) in [6.07, 6.45) is 1.90. The van der Waals surface area contributed by atoms with Crippen molar-refractivity contribution in [1.29, 1.82) is 0 Å². The molecule has 6 nitrogen and oxygen atoms in total. The molecule has 7 heteroatoms. The van der Waals surface area contributed by atoms with Crippen LogP contribution in [0.15, 0.2) is 24.3 Å². The molecule has 2 N–H and O–H groups in total. The fourth-order valence-corrected chi connectivity index (χ4v) is 2.58. The first-order valence-electron chi connectivity index (χ1n) is 6.41. The van der Waals surface area contributed by atoms with E-state index in [1.165, 1.54) is 0 Å². The number of carbonyl (C=O) groups is 1. The summed E-state index contributed by atoms with van der Waals surface area (Å²) in [6.45, 7) is 0.666. The van der Waals surface area contributed by atoms with Crippen molar-refractivity contribution in [1.82, 2.24) is 10.0 Å². The first-order valence-corrected chi connectivity index (χ1v) is 8.30. The molecule has 1 heterocycles. The predicted molar refractivity (Wildman–Crippen MR) is 74.9 cm³/mol. The van der Waals surface area contributed by atoms with Gasteiger partial charge in [-0.05, 0) is 6.07 Å². The van der Waals surface area contributed by atoms with E-state index < -0.39 is 10.0 Å². The molecule has 110 valence electrons. The average Bonchev–Trinajstić information content (AvgIpc) is 2.37. The quantitative estimate of drug-likeness (QED) is 0.832. The zero-order valence-electron chi connectivity index (χ0n) is 11.3. The second-order valence-corrected chi connectivity index (χ2v) is 6.54. The number of hydrogen-bond donors (Lipinski definition) is 2. The van der Waals surface area contributed by atoms with Crippen LogP contribution in [0.25, 0.3) is 0 Å². The molecule has 0 saturated carbocycles. The molecule has 1 aliphatic rings. The minimum absolute atomic E-state index is 0.0781. The number of benzene rings is 1. The highest BCUT2D eigenvalue weighted by Gasteiger charge is 2.22. The van der Waals surface area contributed by atoms with Crippen LogP contribution in [-0.4, -0.2) is 33.7 Å². The van der Waals surface area contributed by atoms with E-state index in [0.29, 0.717) is 13.0 Å². The number of rotatable bonds is 5. The third kappa shape index (κ3) is 4.21. The summed E-state index contributed by atoms with van der Waals surface area (Å²) < 4.78 is 29.6. The SMILES string of the molecule is CS(=O)(=O)NCCC(=O)N[C@@H]1CCOc2ccccc21. The fourth-order valence-electron chi connectivity index (χ4n) is 2.11. The van der Waals surface area contributed by atoms with Gasteiger partial charge in [-0.3, -0.25) is 4.79 Å². The molecule has 20 heavy (non-hydrogen) atoms. The summed E-state index contributed by atoms with van der Waals surface area (Å²) in [7, 11) is -3.25. The minimum Gasteiger partial charge on any atom is -0.493 e. The number of fused-ring (bicyclic) bond motifs is 1. The normalized spacial score (nSPS) is 17.9. The predicted octanol–water partition coefficient (Wildman–Crippen LogP) is 0.566. The van der Waals surface area contributed by atoms with Crippen LogP contribution >= 0.6 is 0 Å². The topological polar surface area (TPSA) is 84.5 Å². The van der Waals surface area contributed by atoms with Gasteiger partial charge in [0.2, 0.25) is 15.9 Å². The van der Waals surface area contributed by atoms with E-state index in [4.69, 9.17) is 4.74 Å². The molecule has 2 rings (SSSR count). The molecule has 0 unspecified atom stereocenters. The van der Waals surface area contributed by atoms with E-state index in [0.717, 1.165) is 17.6 Å². The standard InChI is InChI=1S/C13H18N2O4S/c1-20(17,18)14-8-6-13(16)15-11-7-9-19-12-5-3-2-4-10(11)12/h2-5,11,14H,6-9H2,1H3,(H,15,16)/t11-/m1/s1. The van der Waals surface area contributed by atoms with E-state index in [1.54, 1.807) is 0 Å². The van der Waals surface area contributed by atoms with Crippen LogP contribution in [0.3, 0.4) is 0 Å². The van der Waals surface area contributed by atoms with Crippen molar-refractivity contribution in [2.24, 2.45) is 0 Å². The van der Waals surface area contributed by atoms with E-state index in [2.05, 4.69) is 10.0 Å². The van der Waals surface area contributed by atoms with Gasteiger partial charge in [-0.1, -0.05) is 18.2 Å². The lowest BCUT2D eigenvalue weighted by molar-refractivity contribution is -0.121. The van der Waals surface area contributed by atoms with Crippen molar-refractivity contribution in [3.8, 4) is 5.75 Å². The number of amides is 1. The van der Waals surface area contributed by atoms with Crippen molar-refractivity contribution >= 4 is 15.9 Å². The van der Waals surface area contributed by atoms with Crippen LogP contribution in [0.1, 0.15) is 24.4 Å². The van der Waals surface area contributed by atoms with Gasteiger partial charge in [0.1, 0.15) is 5.75 Å². The molecule has 1 amide bonds. The largest absolute Gasteiger partial charge is 0.493 e. The van der Waals surface area contributed by atoms with E-state index in [-0.39, 0.29) is 24.9 Å². The third-order valence-corrected chi connectivity index (χ3v) is 3.74. The van der Waals surface area contributed by atoms with Crippen LogP contribution < -0.4 is 14.8 Å². The van der Waals surface area contributed by atoms with Crippen LogP contribution in [-0.2, 0) is 14.8 Å². The summed E-state index contributed by atoms with van der Waals surface area (Å²) in [4.78, 5) is 11.8. The van der Waals surface area contributed by atoms with Gasteiger partial charge in [-0.15, -0.1) is 0 Å². The maximum atomic E-state index is 11.8. The summed E-state index contributed by atoms with van der Waals surface area (Å²) in [5.74, 6) is 0.612. The van der Waals surface area contributed by atoms with Gasteiger partial charge in [-0.25, -0.2) is 13.1 Å². The van der Waals surface area contributed by atoms with Gasteiger partial charge < -0.3 is 10.1 Å². The molecular weight excluding hydrogens is 280 g/mol. The van der Waals surface area contributed by atoms with Crippen LogP contribution in [0.4, 0.5) is 0 Å². The molecule has 1 aliphatic heterocycles. The molecule has 1 aromatic carbocycles. The molecule has 0 bridgehead atoms. The third-order valence-electron chi connectivity index (χ3n) is 3.01. The molecule has 1 atom stereocenters. The maximum Gasteiger partial charge on any atom is 0.221 e. The lowest BCUT2D eigenvalue weighted by Gasteiger charge is -2.26.